The molecule has 0 aromatic carbocycles. The molecule has 1 N–H and O–H groups in total. The van der Waals surface area contributed by atoms with Crippen molar-refractivity contribution in [2.24, 2.45) is 0 Å². The lowest BCUT2D eigenvalue weighted by molar-refractivity contribution is -0.148. The van der Waals surface area contributed by atoms with E-state index in [-0.39, 0.29) is 5.97 Å². The number of likely N-dealkylation sites (tertiary alicyclic amines) is 1. The second kappa shape index (κ2) is 5.36. The predicted octanol–water partition coefficient (Wildman–Crippen LogP) is 1.16. The molecule has 0 amide bonds. The molecule has 17 heavy (non-hydrogen) atoms. The van der Waals surface area contributed by atoms with Crippen molar-refractivity contribution in [2.45, 2.75) is 50.6 Å². The van der Waals surface area contributed by atoms with Crippen LogP contribution in [0.5, 0.6) is 0 Å². The molecule has 1 atom stereocenters. The summed E-state index contributed by atoms with van der Waals surface area (Å²) in [5.41, 5.74) is -0.501. The van der Waals surface area contributed by atoms with E-state index in [2.05, 4.69) is 10.2 Å². The van der Waals surface area contributed by atoms with Gasteiger partial charge in [-0.1, -0.05) is 0 Å². The highest BCUT2D eigenvalue weighted by molar-refractivity contribution is 5.80. The number of hydrogen-bond donors (Lipinski definition) is 1. The number of rotatable bonds is 6. The molecule has 1 saturated heterocycles. The molecule has 4 heteroatoms. The van der Waals surface area contributed by atoms with Crippen LogP contribution in [0.15, 0.2) is 0 Å². The fourth-order valence-electron chi connectivity index (χ4n) is 2.52. The molecule has 2 fully saturated rings. The topological polar surface area (TPSA) is 41.6 Å². The monoisotopic (exact) mass is 240 g/mol. The minimum atomic E-state index is -0.501. The number of carbonyl (C=O) groups excluding carboxylic acids is 1. The van der Waals surface area contributed by atoms with E-state index in [1.54, 1.807) is 0 Å². The lowest BCUT2D eigenvalue weighted by Gasteiger charge is -2.30. The molecule has 0 aromatic heterocycles. The van der Waals surface area contributed by atoms with Gasteiger partial charge in [0.25, 0.3) is 0 Å². The molecule has 0 radical (unpaired) electrons. The molecular formula is C13H24N2O2. The fraction of sp³-hybridized carbons (Fsp3) is 0.923. The van der Waals surface area contributed by atoms with E-state index < -0.39 is 5.54 Å². The Morgan fingerprint density at radius 2 is 2.06 bits per heavy atom. The van der Waals surface area contributed by atoms with Gasteiger partial charge in [-0.3, -0.25) is 10.1 Å². The van der Waals surface area contributed by atoms with E-state index in [0.29, 0.717) is 6.04 Å². The lowest BCUT2D eigenvalue weighted by Crippen LogP contribution is -2.52. The maximum atomic E-state index is 11.9. The Morgan fingerprint density at radius 3 is 2.59 bits per heavy atom. The molecule has 4 nitrogen and oxygen atoms in total. The predicted molar refractivity (Wildman–Crippen MR) is 66.9 cm³/mol. The maximum Gasteiger partial charge on any atom is 0.325 e. The van der Waals surface area contributed by atoms with Crippen LogP contribution < -0.4 is 5.32 Å². The molecule has 98 valence electrons. The van der Waals surface area contributed by atoms with Crippen LogP contribution in [0.25, 0.3) is 0 Å². The second-order valence-corrected chi connectivity index (χ2v) is 5.54. The van der Waals surface area contributed by atoms with Gasteiger partial charge in [-0.15, -0.1) is 0 Å². The van der Waals surface area contributed by atoms with Crippen molar-refractivity contribution >= 4 is 5.97 Å². The SMILES string of the molecule is COC(=O)C(C)(CCN1CCCC1)NC1CC1. The summed E-state index contributed by atoms with van der Waals surface area (Å²) >= 11 is 0. The van der Waals surface area contributed by atoms with Crippen molar-refractivity contribution in [3.8, 4) is 0 Å². The van der Waals surface area contributed by atoms with E-state index in [1.165, 1.54) is 45.9 Å². The van der Waals surface area contributed by atoms with E-state index in [4.69, 9.17) is 4.74 Å². The van der Waals surface area contributed by atoms with E-state index in [1.807, 2.05) is 6.92 Å². The molecule has 1 heterocycles. The van der Waals surface area contributed by atoms with Crippen LogP contribution in [0.1, 0.15) is 39.0 Å². The van der Waals surface area contributed by atoms with Gasteiger partial charge in [0.1, 0.15) is 5.54 Å². The van der Waals surface area contributed by atoms with Crippen LogP contribution >= 0.6 is 0 Å². The minimum Gasteiger partial charge on any atom is -0.468 e. The van der Waals surface area contributed by atoms with Gasteiger partial charge in [-0.05, 0) is 52.1 Å². The van der Waals surface area contributed by atoms with Crippen molar-refractivity contribution in [3.63, 3.8) is 0 Å². The van der Waals surface area contributed by atoms with Crippen LogP contribution in [0.3, 0.4) is 0 Å². The molecule has 2 aliphatic rings. The molecule has 1 aliphatic heterocycles. The highest BCUT2D eigenvalue weighted by Gasteiger charge is 2.39. The summed E-state index contributed by atoms with van der Waals surface area (Å²) in [5.74, 6) is -0.122. The summed E-state index contributed by atoms with van der Waals surface area (Å²) in [6.45, 7) is 5.33. The standard InChI is InChI=1S/C13H24N2O2/c1-13(12(16)17-2,14-11-5-6-11)7-10-15-8-3-4-9-15/h11,14H,3-10H2,1-2H3. The summed E-state index contributed by atoms with van der Waals surface area (Å²) in [6, 6.07) is 0.526. The fourth-order valence-corrected chi connectivity index (χ4v) is 2.52. The number of methoxy groups -OCH3 is 1. The van der Waals surface area contributed by atoms with Crippen molar-refractivity contribution in [1.82, 2.24) is 10.2 Å². The van der Waals surface area contributed by atoms with Gasteiger partial charge >= 0.3 is 5.97 Å². The van der Waals surface area contributed by atoms with Crippen LogP contribution in [-0.4, -0.2) is 49.2 Å². The number of nitrogens with one attached hydrogen (secondary N) is 1. The molecule has 0 aromatic rings. The second-order valence-electron chi connectivity index (χ2n) is 5.54. The summed E-state index contributed by atoms with van der Waals surface area (Å²) in [7, 11) is 1.48. The molecule has 0 bridgehead atoms. The third-order valence-corrected chi connectivity index (χ3v) is 3.86. The minimum absolute atomic E-state index is 0.122. The third-order valence-electron chi connectivity index (χ3n) is 3.86. The molecule has 1 unspecified atom stereocenters. The third kappa shape index (κ3) is 3.42. The maximum absolute atomic E-state index is 11.9. The number of nitrogens with zero attached hydrogens (tertiary/aromatic N) is 1. The van der Waals surface area contributed by atoms with E-state index >= 15 is 0 Å². The molecule has 1 aliphatic carbocycles. The lowest BCUT2D eigenvalue weighted by atomic mass is 9.97. The van der Waals surface area contributed by atoms with Crippen molar-refractivity contribution in [1.29, 1.82) is 0 Å². The first-order valence-corrected chi connectivity index (χ1v) is 6.72. The average Bonchev–Trinajstić information content (AvgIpc) is 2.97. The first kappa shape index (κ1) is 12.8. The molecule has 2 rings (SSSR count). The van der Waals surface area contributed by atoms with Gasteiger partial charge in [0.2, 0.25) is 0 Å². The van der Waals surface area contributed by atoms with Crippen molar-refractivity contribution in [3.05, 3.63) is 0 Å². The Balaban J connectivity index is 1.86. The van der Waals surface area contributed by atoms with Crippen molar-refractivity contribution < 1.29 is 9.53 Å². The van der Waals surface area contributed by atoms with Crippen LogP contribution in [0.4, 0.5) is 0 Å². The summed E-state index contributed by atoms with van der Waals surface area (Å²) in [4.78, 5) is 14.3. The zero-order valence-corrected chi connectivity index (χ0v) is 11.0. The zero-order chi connectivity index (χ0) is 12.3. The van der Waals surface area contributed by atoms with Gasteiger partial charge in [0.15, 0.2) is 0 Å². The van der Waals surface area contributed by atoms with Gasteiger partial charge < -0.3 is 9.64 Å². The van der Waals surface area contributed by atoms with E-state index in [9.17, 15) is 4.79 Å². The summed E-state index contributed by atoms with van der Waals surface area (Å²) in [6.07, 6.45) is 5.82. The van der Waals surface area contributed by atoms with Gasteiger partial charge in [-0.2, -0.15) is 0 Å². The Bertz CT molecular complexity index is 273. The largest absolute Gasteiger partial charge is 0.468 e. The average molecular weight is 240 g/mol. The van der Waals surface area contributed by atoms with Crippen LogP contribution in [0, 0.1) is 0 Å². The highest BCUT2D eigenvalue weighted by atomic mass is 16.5. The first-order chi connectivity index (χ1) is 8.14. The Morgan fingerprint density at radius 1 is 1.41 bits per heavy atom. The first-order valence-electron chi connectivity index (χ1n) is 6.72. The Hall–Kier alpha value is -0.610. The molecular weight excluding hydrogens is 216 g/mol. The van der Waals surface area contributed by atoms with Gasteiger partial charge in [0.05, 0.1) is 7.11 Å². The van der Waals surface area contributed by atoms with Gasteiger partial charge in [-0.25, -0.2) is 0 Å². The number of esters is 1. The number of hydrogen-bond acceptors (Lipinski definition) is 4. The zero-order valence-electron chi connectivity index (χ0n) is 11.0. The molecule has 0 spiro atoms. The summed E-state index contributed by atoms with van der Waals surface area (Å²) in [5, 5.41) is 3.44. The van der Waals surface area contributed by atoms with Crippen LogP contribution in [-0.2, 0) is 9.53 Å². The molecule has 1 saturated carbocycles. The number of carbonyl (C=O) groups is 1. The Kier molecular flexibility index (Phi) is 4.05. The van der Waals surface area contributed by atoms with Crippen LogP contribution in [0.2, 0.25) is 0 Å². The Labute approximate surface area is 104 Å². The normalized spacial score (nSPS) is 24.6. The van der Waals surface area contributed by atoms with Crippen molar-refractivity contribution in [2.75, 3.05) is 26.7 Å². The quantitative estimate of drug-likeness (QED) is 0.707. The summed E-state index contributed by atoms with van der Waals surface area (Å²) < 4.78 is 4.94. The smallest absolute Gasteiger partial charge is 0.325 e. The highest BCUT2D eigenvalue weighted by Crippen LogP contribution is 2.25. The van der Waals surface area contributed by atoms with Gasteiger partial charge in [0, 0.05) is 12.6 Å². The van der Waals surface area contributed by atoms with E-state index in [0.717, 1.165) is 13.0 Å². The number of ether oxygens (including phenoxy) is 1.